The number of nitrogens with one attached hydrogen (secondary N) is 2. The van der Waals surface area contributed by atoms with E-state index in [1.54, 1.807) is 0 Å². The minimum atomic E-state index is 0. The van der Waals surface area contributed by atoms with E-state index < -0.39 is 0 Å². The normalized spacial score (nSPS) is 19.7. The van der Waals surface area contributed by atoms with E-state index in [1.807, 2.05) is 0 Å². The van der Waals surface area contributed by atoms with E-state index >= 15 is 0 Å². The van der Waals surface area contributed by atoms with Crippen LogP contribution in [0.15, 0.2) is 24.3 Å². The topological polar surface area (TPSA) is 41.1 Å². The molecule has 3 rings (SSSR count). The molecular formula is C19H29ClN2O. The number of piperidine rings is 1. The van der Waals surface area contributed by atoms with Crippen molar-refractivity contribution in [2.75, 3.05) is 13.1 Å². The first-order chi connectivity index (χ1) is 10.7. The molecule has 1 unspecified atom stereocenters. The van der Waals surface area contributed by atoms with E-state index in [2.05, 4.69) is 41.8 Å². The van der Waals surface area contributed by atoms with Crippen molar-refractivity contribution in [3.8, 4) is 0 Å². The summed E-state index contributed by atoms with van der Waals surface area (Å²) in [7, 11) is 0. The molecule has 2 aliphatic rings. The molecule has 128 valence electrons. The Morgan fingerprint density at radius 3 is 2.43 bits per heavy atom. The van der Waals surface area contributed by atoms with Crippen LogP contribution < -0.4 is 10.6 Å². The number of hydrogen-bond donors (Lipinski definition) is 2. The van der Waals surface area contributed by atoms with Crippen molar-refractivity contribution in [1.29, 1.82) is 0 Å². The Hall–Kier alpha value is -1.06. The number of carbonyl (C=O) groups excluding carboxylic acids is 1. The fraction of sp³-hybridized carbons (Fsp3) is 0.632. The quantitative estimate of drug-likeness (QED) is 0.830. The van der Waals surface area contributed by atoms with Gasteiger partial charge in [0.1, 0.15) is 0 Å². The molecule has 4 heteroatoms. The number of hydrogen-bond acceptors (Lipinski definition) is 2. The highest BCUT2D eigenvalue weighted by molar-refractivity contribution is 5.85. The van der Waals surface area contributed by atoms with E-state index in [9.17, 15) is 4.79 Å². The summed E-state index contributed by atoms with van der Waals surface area (Å²) in [5.41, 5.74) is 2.54. The zero-order chi connectivity index (χ0) is 15.4. The second-order valence-corrected chi connectivity index (χ2v) is 7.03. The van der Waals surface area contributed by atoms with Gasteiger partial charge in [-0.25, -0.2) is 0 Å². The van der Waals surface area contributed by atoms with E-state index in [1.165, 1.54) is 36.8 Å². The van der Waals surface area contributed by atoms with Gasteiger partial charge in [-0.15, -0.1) is 12.4 Å². The largest absolute Gasteiger partial charge is 0.349 e. The van der Waals surface area contributed by atoms with Crippen LogP contribution in [0.5, 0.6) is 0 Å². The molecule has 0 aromatic heterocycles. The van der Waals surface area contributed by atoms with Crippen molar-refractivity contribution in [3.05, 3.63) is 35.4 Å². The van der Waals surface area contributed by atoms with Crippen LogP contribution in [-0.4, -0.2) is 19.0 Å². The molecule has 1 aromatic carbocycles. The Morgan fingerprint density at radius 1 is 1.17 bits per heavy atom. The van der Waals surface area contributed by atoms with Crippen molar-refractivity contribution in [3.63, 3.8) is 0 Å². The molecule has 0 radical (unpaired) electrons. The van der Waals surface area contributed by atoms with Crippen molar-refractivity contribution >= 4 is 18.3 Å². The molecule has 2 N–H and O–H groups in total. The molecule has 2 fully saturated rings. The number of amides is 1. The summed E-state index contributed by atoms with van der Waals surface area (Å²) >= 11 is 0. The minimum Gasteiger partial charge on any atom is -0.349 e. The number of carbonyl (C=O) groups is 1. The van der Waals surface area contributed by atoms with Gasteiger partial charge in [-0.05, 0) is 69.5 Å². The van der Waals surface area contributed by atoms with E-state index in [-0.39, 0.29) is 24.4 Å². The Morgan fingerprint density at radius 2 is 1.83 bits per heavy atom. The van der Waals surface area contributed by atoms with Gasteiger partial charge in [0.2, 0.25) is 5.91 Å². The highest BCUT2D eigenvalue weighted by atomic mass is 35.5. The van der Waals surface area contributed by atoms with Crippen LogP contribution in [0, 0.1) is 18.8 Å². The molecule has 1 aromatic rings. The fourth-order valence-corrected chi connectivity index (χ4v) is 3.43. The van der Waals surface area contributed by atoms with Crippen LogP contribution in [0.2, 0.25) is 0 Å². The van der Waals surface area contributed by atoms with Crippen LogP contribution >= 0.6 is 12.4 Å². The molecule has 1 amide bonds. The summed E-state index contributed by atoms with van der Waals surface area (Å²) in [5, 5.41) is 6.68. The second kappa shape index (κ2) is 8.70. The van der Waals surface area contributed by atoms with Crippen LogP contribution in [0.4, 0.5) is 0 Å². The molecule has 0 spiro atoms. The average Bonchev–Trinajstić information content (AvgIpc) is 3.37. The molecule has 3 nitrogen and oxygen atoms in total. The molecule has 1 saturated heterocycles. The summed E-state index contributed by atoms with van der Waals surface area (Å²) in [5.74, 6) is 1.60. The summed E-state index contributed by atoms with van der Waals surface area (Å²) < 4.78 is 0. The van der Waals surface area contributed by atoms with Crippen LogP contribution in [0.1, 0.15) is 55.7 Å². The Kier molecular flexibility index (Phi) is 6.91. The lowest BCUT2D eigenvalue weighted by Gasteiger charge is -2.23. The van der Waals surface area contributed by atoms with Crippen LogP contribution in [0.25, 0.3) is 0 Å². The van der Waals surface area contributed by atoms with Gasteiger partial charge in [0.05, 0.1) is 6.04 Å². The van der Waals surface area contributed by atoms with Crippen molar-refractivity contribution in [1.82, 2.24) is 10.6 Å². The maximum Gasteiger partial charge on any atom is 0.220 e. The smallest absolute Gasteiger partial charge is 0.220 e. The van der Waals surface area contributed by atoms with Gasteiger partial charge in [0, 0.05) is 6.42 Å². The minimum absolute atomic E-state index is 0. The van der Waals surface area contributed by atoms with Gasteiger partial charge < -0.3 is 10.6 Å². The number of rotatable bonds is 6. The van der Waals surface area contributed by atoms with Gasteiger partial charge in [-0.2, -0.15) is 0 Å². The molecular weight excluding hydrogens is 308 g/mol. The first kappa shape index (κ1) is 18.3. The number of benzene rings is 1. The van der Waals surface area contributed by atoms with Crippen LogP contribution in [0.3, 0.4) is 0 Å². The SMILES string of the molecule is Cc1ccc(C(NC(=O)CCC2CCNCC2)C2CC2)cc1.Cl. The summed E-state index contributed by atoms with van der Waals surface area (Å²) in [6.07, 6.45) is 6.65. The lowest BCUT2D eigenvalue weighted by molar-refractivity contribution is -0.122. The molecule has 23 heavy (non-hydrogen) atoms. The zero-order valence-electron chi connectivity index (χ0n) is 14.0. The van der Waals surface area contributed by atoms with Gasteiger partial charge in [-0.1, -0.05) is 29.8 Å². The summed E-state index contributed by atoms with van der Waals surface area (Å²) in [6.45, 7) is 4.33. The lowest BCUT2D eigenvalue weighted by Crippen LogP contribution is -2.31. The van der Waals surface area contributed by atoms with Gasteiger partial charge >= 0.3 is 0 Å². The van der Waals surface area contributed by atoms with E-state index in [4.69, 9.17) is 0 Å². The van der Waals surface area contributed by atoms with Crippen molar-refractivity contribution < 1.29 is 4.79 Å². The summed E-state index contributed by atoms with van der Waals surface area (Å²) in [4.78, 5) is 12.3. The predicted molar refractivity (Wildman–Crippen MR) is 96.9 cm³/mol. The molecule has 1 aliphatic carbocycles. The van der Waals surface area contributed by atoms with E-state index in [0.717, 1.165) is 25.4 Å². The summed E-state index contributed by atoms with van der Waals surface area (Å²) in [6, 6.07) is 8.86. The zero-order valence-corrected chi connectivity index (χ0v) is 14.8. The molecule has 0 bridgehead atoms. The highest BCUT2D eigenvalue weighted by Crippen LogP contribution is 2.41. The third-order valence-electron chi connectivity index (χ3n) is 5.08. The van der Waals surface area contributed by atoms with E-state index in [0.29, 0.717) is 12.3 Å². The fourth-order valence-electron chi connectivity index (χ4n) is 3.43. The van der Waals surface area contributed by atoms with Gasteiger partial charge in [0.15, 0.2) is 0 Å². The Balaban J connectivity index is 0.00000192. The van der Waals surface area contributed by atoms with Crippen molar-refractivity contribution in [2.24, 2.45) is 11.8 Å². The third-order valence-corrected chi connectivity index (χ3v) is 5.08. The highest BCUT2D eigenvalue weighted by Gasteiger charge is 2.33. The predicted octanol–water partition coefficient (Wildman–Crippen LogP) is 3.76. The maximum absolute atomic E-state index is 12.3. The van der Waals surface area contributed by atoms with Gasteiger partial charge in [-0.3, -0.25) is 4.79 Å². The molecule has 1 atom stereocenters. The van der Waals surface area contributed by atoms with Crippen molar-refractivity contribution in [2.45, 2.75) is 51.5 Å². The number of halogens is 1. The number of aryl methyl sites for hydroxylation is 1. The molecule has 1 heterocycles. The Bertz CT molecular complexity index is 493. The first-order valence-corrected chi connectivity index (χ1v) is 8.79. The first-order valence-electron chi connectivity index (χ1n) is 8.79. The maximum atomic E-state index is 12.3. The monoisotopic (exact) mass is 336 g/mol. The lowest BCUT2D eigenvalue weighted by atomic mass is 9.93. The van der Waals surface area contributed by atoms with Gasteiger partial charge in [0.25, 0.3) is 0 Å². The Labute approximate surface area is 146 Å². The van der Waals surface area contributed by atoms with Crippen LogP contribution in [-0.2, 0) is 4.79 Å². The molecule has 1 saturated carbocycles. The third kappa shape index (κ3) is 5.50. The molecule has 1 aliphatic heterocycles. The average molecular weight is 337 g/mol. The standard InChI is InChI=1S/C19H28N2O.ClH/c1-14-2-5-16(6-3-14)19(17-7-8-17)21-18(22)9-4-15-10-12-20-13-11-15;/h2-3,5-6,15,17,19-20H,4,7-13H2,1H3,(H,21,22);1H. The second-order valence-electron chi connectivity index (χ2n) is 7.03.